The van der Waals surface area contributed by atoms with Gasteiger partial charge in [0.2, 0.25) is 5.91 Å². The van der Waals surface area contributed by atoms with E-state index in [1.165, 1.54) is 4.90 Å². The topological polar surface area (TPSA) is 61.4 Å². The smallest absolute Gasteiger partial charge is 0.324 e. The summed E-state index contributed by atoms with van der Waals surface area (Å²) in [5, 5.41) is 6.50. The largest absolute Gasteiger partial charge is 0.336 e. The SMILES string of the molecule is C[C@H](N[C@@H](C)c1ccc(Cl)cc1)C(=O)N1CCNC1=O. The van der Waals surface area contributed by atoms with E-state index in [0.717, 1.165) is 5.56 Å². The van der Waals surface area contributed by atoms with Crippen molar-refractivity contribution in [1.82, 2.24) is 15.5 Å². The van der Waals surface area contributed by atoms with E-state index in [1.54, 1.807) is 6.92 Å². The first-order valence-electron chi connectivity index (χ1n) is 6.59. The van der Waals surface area contributed by atoms with E-state index < -0.39 is 6.04 Å². The maximum Gasteiger partial charge on any atom is 0.324 e. The molecule has 2 N–H and O–H groups in total. The lowest BCUT2D eigenvalue weighted by Crippen LogP contribution is -2.46. The van der Waals surface area contributed by atoms with Gasteiger partial charge in [0.15, 0.2) is 0 Å². The van der Waals surface area contributed by atoms with Crippen LogP contribution in [0.3, 0.4) is 0 Å². The number of nitrogens with zero attached hydrogens (tertiary/aromatic N) is 1. The molecule has 6 heteroatoms. The molecule has 1 aromatic rings. The van der Waals surface area contributed by atoms with Crippen LogP contribution in [0.15, 0.2) is 24.3 Å². The van der Waals surface area contributed by atoms with Crippen molar-refractivity contribution < 1.29 is 9.59 Å². The molecule has 0 saturated carbocycles. The molecule has 1 fully saturated rings. The number of amides is 3. The minimum atomic E-state index is -0.426. The molecular weight excluding hydrogens is 278 g/mol. The molecule has 108 valence electrons. The number of imide groups is 1. The molecule has 1 heterocycles. The average molecular weight is 296 g/mol. The Kier molecular flexibility index (Phi) is 4.62. The number of halogens is 1. The predicted octanol–water partition coefficient (Wildman–Crippen LogP) is 1.93. The molecule has 0 spiro atoms. The van der Waals surface area contributed by atoms with Crippen LogP contribution in [-0.4, -0.2) is 36.0 Å². The second-order valence-electron chi connectivity index (χ2n) is 4.88. The average Bonchev–Trinajstić information content (AvgIpc) is 2.84. The molecule has 0 radical (unpaired) electrons. The van der Waals surface area contributed by atoms with Crippen molar-refractivity contribution in [2.75, 3.05) is 13.1 Å². The molecule has 0 unspecified atom stereocenters. The highest BCUT2D eigenvalue weighted by molar-refractivity contribution is 6.30. The Balaban J connectivity index is 1.96. The van der Waals surface area contributed by atoms with Crippen molar-refractivity contribution in [1.29, 1.82) is 0 Å². The third-order valence-electron chi connectivity index (χ3n) is 3.36. The molecule has 2 atom stereocenters. The second kappa shape index (κ2) is 6.24. The summed E-state index contributed by atoms with van der Waals surface area (Å²) in [5.74, 6) is -0.208. The first-order valence-corrected chi connectivity index (χ1v) is 6.97. The van der Waals surface area contributed by atoms with Gasteiger partial charge in [-0.1, -0.05) is 23.7 Å². The number of urea groups is 1. The zero-order valence-electron chi connectivity index (χ0n) is 11.5. The van der Waals surface area contributed by atoms with Gasteiger partial charge < -0.3 is 5.32 Å². The van der Waals surface area contributed by atoms with Crippen molar-refractivity contribution in [2.24, 2.45) is 0 Å². The van der Waals surface area contributed by atoms with Gasteiger partial charge in [-0.3, -0.25) is 15.0 Å². The Morgan fingerprint density at radius 2 is 2.00 bits per heavy atom. The van der Waals surface area contributed by atoms with Gasteiger partial charge in [0, 0.05) is 24.2 Å². The van der Waals surface area contributed by atoms with Crippen LogP contribution in [-0.2, 0) is 4.79 Å². The van der Waals surface area contributed by atoms with Gasteiger partial charge >= 0.3 is 6.03 Å². The molecular formula is C14H18ClN3O2. The maximum atomic E-state index is 12.2. The van der Waals surface area contributed by atoms with E-state index in [2.05, 4.69) is 10.6 Å². The first-order chi connectivity index (χ1) is 9.49. The Hall–Kier alpha value is -1.59. The summed E-state index contributed by atoms with van der Waals surface area (Å²) in [7, 11) is 0. The molecule has 1 aliphatic rings. The summed E-state index contributed by atoms with van der Waals surface area (Å²) in [5.41, 5.74) is 1.04. The fourth-order valence-electron chi connectivity index (χ4n) is 2.21. The predicted molar refractivity (Wildman–Crippen MR) is 77.6 cm³/mol. The lowest BCUT2D eigenvalue weighted by molar-refractivity contribution is -0.129. The third-order valence-corrected chi connectivity index (χ3v) is 3.62. The molecule has 0 bridgehead atoms. The van der Waals surface area contributed by atoms with Crippen LogP contribution in [0.1, 0.15) is 25.5 Å². The van der Waals surface area contributed by atoms with Gasteiger partial charge in [0.05, 0.1) is 6.04 Å². The van der Waals surface area contributed by atoms with Crippen LogP contribution >= 0.6 is 11.6 Å². The van der Waals surface area contributed by atoms with Crippen molar-refractivity contribution in [3.63, 3.8) is 0 Å². The number of hydrogen-bond donors (Lipinski definition) is 2. The van der Waals surface area contributed by atoms with E-state index in [4.69, 9.17) is 11.6 Å². The molecule has 3 amide bonds. The van der Waals surface area contributed by atoms with Crippen LogP contribution in [0.25, 0.3) is 0 Å². The maximum absolute atomic E-state index is 12.2. The zero-order chi connectivity index (χ0) is 14.7. The minimum Gasteiger partial charge on any atom is -0.336 e. The highest BCUT2D eigenvalue weighted by atomic mass is 35.5. The standard InChI is InChI=1S/C14H18ClN3O2/c1-9(11-3-5-12(15)6-4-11)17-10(2)13(19)18-8-7-16-14(18)20/h3-6,9-10,17H,7-8H2,1-2H3,(H,16,20)/t9-,10-/m0/s1. The number of carbonyl (C=O) groups is 2. The molecule has 5 nitrogen and oxygen atoms in total. The van der Waals surface area contributed by atoms with Gasteiger partial charge in [-0.25, -0.2) is 4.79 Å². The molecule has 20 heavy (non-hydrogen) atoms. The minimum absolute atomic E-state index is 0.00289. The molecule has 2 rings (SSSR count). The molecule has 1 aromatic carbocycles. The fraction of sp³-hybridized carbons (Fsp3) is 0.429. The first kappa shape index (κ1) is 14.8. The monoisotopic (exact) mass is 295 g/mol. The molecule has 0 aromatic heterocycles. The number of benzene rings is 1. The normalized spacial score (nSPS) is 17.8. The summed E-state index contributed by atoms with van der Waals surface area (Å²) < 4.78 is 0. The van der Waals surface area contributed by atoms with Crippen LogP contribution in [0, 0.1) is 0 Å². The summed E-state index contributed by atoms with van der Waals surface area (Å²) in [4.78, 5) is 24.9. The quantitative estimate of drug-likeness (QED) is 0.892. The highest BCUT2D eigenvalue weighted by Gasteiger charge is 2.30. The van der Waals surface area contributed by atoms with E-state index in [1.807, 2.05) is 31.2 Å². The summed E-state index contributed by atoms with van der Waals surface area (Å²) >= 11 is 5.85. The summed E-state index contributed by atoms with van der Waals surface area (Å²) in [6, 6.07) is 6.72. The summed E-state index contributed by atoms with van der Waals surface area (Å²) in [6.45, 7) is 4.68. The van der Waals surface area contributed by atoms with Crippen LogP contribution in [0.5, 0.6) is 0 Å². The van der Waals surface area contributed by atoms with Gasteiger partial charge in [-0.15, -0.1) is 0 Å². The Morgan fingerprint density at radius 1 is 1.35 bits per heavy atom. The third kappa shape index (κ3) is 3.29. The number of nitrogens with one attached hydrogen (secondary N) is 2. The molecule has 1 aliphatic heterocycles. The van der Waals surface area contributed by atoms with Gasteiger partial charge in [-0.05, 0) is 31.5 Å². The van der Waals surface area contributed by atoms with E-state index in [0.29, 0.717) is 18.1 Å². The van der Waals surface area contributed by atoms with Crippen molar-refractivity contribution in [2.45, 2.75) is 25.9 Å². The van der Waals surface area contributed by atoms with E-state index in [9.17, 15) is 9.59 Å². The van der Waals surface area contributed by atoms with Crippen molar-refractivity contribution in [3.05, 3.63) is 34.9 Å². The highest BCUT2D eigenvalue weighted by Crippen LogP contribution is 2.17. The van der Waals surface area contributed by atoms with E-state index >= 15 is 0 Å². The fourth-order valence-corrected chi connectivity index (χ4v) is 2.34. The van der Waals surface area contributed by atoms with Gasteiger partial charge in [0.25, 0.3) is 0 Å². The number of rotatable bonds is 4. The Bertz CT molecular complexity index is 504. The summed E-state index contributed by atoms with van der Waals surface area (Å²) in [6.07, 6.45) is 0. The lowest BCUT2D eigenvalue weighted by Gasteiger charge is -2.23. The second-order valence-corrected chi connectivity index (χ2v) is 5.32. The van der Waals surface area contributed by atoms with Crippen molar-refractivity contribution >= 4 is 23.5 Å². The molecule has 0 aliphatic carbocycles. The molecule has 1 saturated heterocycles. The van der Waals surface area contributed by atoms with Crippen molar-refractivity contribution in [3.8, 4) is 0 Å². The Morgan fingerprint density at radius 3 is 2.55 bits per heavy atom. The van der Waals surface area contributed by atoms with Gasteiger partial charge in [0.1, 0.15) is 0 Å². The van der Waals surface area contributed by atoms with Crippen LogP contribution in [0.4, 0.5) is 4.79 Å². The number of hydrogen-bond acceptors (Lipinski definition) is 3. The zero-order valence-corrected chi connectivity index (χ0v) is 12.3. The van der Waals surface area contributed by atoms with Crippen LogP contribution < -0.4 is 10.6 Å². The number of carbonyl (C=O) groups excluding carboxylic acids is 2. The van der Waals surface area contributed by atoms with Crippen LogP contribution in [0.2, 0.25) is 5.02 Å². The van der Waals surface area contributed by atoms with E-state index in [-0.39, 0.29) is 18.0 Å². The Labute approximate surface area is 123 Å². The lowest BCUT2D eigenvalue weighted by atomic mass is 10.1. The van der Waals surface area contributed by atoms with Gasteiger partial charge in [-0.2, -0.15) is 0 Å².